The second kappa shape index (κ2) is 12.4. The van der Waals surface area contributed by atoms with Gasteiger partial charge in [-0.1, -0.05) is 29.8 Å². The highest BCUT2D eigenvalue weighted by Crippen LogP contribution is 2.15. The molecule has 5 nitrogen and oxygen atoms in total. The number of amides is 1. The summed E-state index contributed by atoms with van der Waals surface area (Å²) in [5.41, 5.74) is 0.966. The Morgan fingerprint density at radius 1 is 1.21 bits per heavy atom. The van der Waals surface area contributed by atoms with E-state index >= 15 is 0 Å². The number of benzene rings is 1. The van der Waals surface area contributed by atoms with Crippen molar-refractivity contribution in [2.24, 2.45) is 4.99 Å². The number of rotatable bonds is 7. The van der Waals surface area contributed by atoms with Crippen LogP contribution in [0.15, 0.2) is 29.3 Å². The molecule has 0 fully saturated rings. The minimum absolute atomic E-state index is 0. The van der Waals surface area contributed by atoms with Crippen molar-refractivity contribution in [3.8, 4) is 0 Å². The van der Waals surface area contributed by atoms with Gasteiger partial charge in [-0.05, 0) is 32.4 Å². The summed E-state index contributed by atoms with van der Waals surface area (Å²) in [6.45, 7) is 8.93. The number of hydrogen-bond acceptors (Lipinski definition) is 2. The summed E-state index contributed by atoms with van der Waals surface area (Å²) in [4.78, 5) is 20.5. The molecule has 1 N–H and O–H groups in total. The smallest absolute Gasteiger partial charge is 0.242 e. The van der Waals surface area contributed by atoms with E-state index in [1.54, 1.807) is 0 Å². The fourth-order valence-electron chi connectivity index (χ4n) is 2.21. The predicted molar refractivity (Wildman–Crippen MR) is 112 cm³/mol. The minimum Gasteiger partial charge on any atom is -0.357 e. The van der Waals surface area contributed by atoms with Gasteiger partial charge in [0.1, 0.15) is 0 Å². The van der Waals surface area contributed by atoms with E-state index in [1.807, 2.05) is 61.9 Å². The molecule has 0 heterocycles. The number of likely N-dealkylation sites (N-methyl/N-ethyl adjacent to an activating group) is 2. The molecule has 1 amide bonds. The maximum atomic E-state index is 12.2. The summed E-state index contributed by atoms with van der Waals surface area (Å²) < 4.78 is 0. The van der Waals surface area contributed by atoms with Crippen LogP contribution in [0.5, 0.6) is 0 Å². The first-order valence-electron chi connectivity index (χ1n) is 8.04. The monoisotopic (exact) mass is 466 g/mol. The summed E-state index contributed by atoms with van der Waals surface area (Å²) in [5, 5.41) is 3.92. The second-order valence-corrected chi connectivity index (χ2v) is 5.59. The van der Waals surface area contributed by atoms with Gasteiger partial charge >= 0.3 is 0 Å². The minimum atomic E-state index is 0. The molecule has 24 heavy (non-hydrogen) atoms. The van der Waals surface area contributed by atoms with Crippen LogP contribution in [0, 0.1) is 0 Å². The third kappa shape index (κ3) is 7.25. The van der Waals surface area contributed by atoms with Crippen molar-refractivity contribution in [1.29, 1.82) is 0 Å². The predicted octanol–water partition coefficient (Wildman–Crippen LogP) is 3.22. The summed E-state index contributed by atoms with van der Waals surface area (Å²) in [6, 6.07) is 7.65. The van der Waals surface area contributed by atoms with E-state index in [4.69, 9.17) is 11.6 Å². The fraction of sp³-hybridized carbons (Fsp3) is 0.529. The molecule has 0 unspecified atom stereocenters. The molecule has 0 radical (unpaired) electrons. The molecule has 0 saturated heterocycles. The lowest BCUT2D eigenvalue weighted by Gasteiger charge is -2.25. The number of nitrogens with zero attached hydrogens (tertiary/aromatic N) is 3. The van der Waals surface area contributed by atoms with Crippen molar-refractivity contribution in [3.63, 3.8) is 0 Å². The van der Waals surface area contributed by atoms with Crippen LogP contribution in [0.2, 0.25) is 5.02 Å². The lowest BCUT2D eigenvalue weighted by atomic mass is 10.2. The highest BCUT2D eigenvalue weighted by atomic mass is 127. The van der Waals surface area contributed by atoms with Crippen molar-refractivity contribution in [2.45, 2.75) is 27.3 Å². The zero-order valence-electron chi connectivity index (χ0n) is 14.9. The topological polar surface area (TPSA) is 47.9 Å². The molecular weight excluding hydrogens is 439 g/mol. The van der Waals surface area contributed by atoms with Crippen molar-refractivity contribution >= 4 is 47.4 Å². The van der Waals surface area contributed by atoms with Crippen molar-refractivity contribution in [1.82, 2.24) is 15.1 Å². The molecule has 0 aliphatic rings. The Bertz CT molecular complexity index is 535. The Morgan fingerprint density at radius 2 is 1.83 bits per heavy atom. The first kappa shape index (κ1) is 23.0. The summed E-state index contributed by atoms with van der Waals surface area (Å²) in [6.07, 6.45) is 0. The van der Waals surface area contributed by atoms with E-state index in [0.717, 1.165) is 25.2 Å². The average molecular weight is 467 g/mol. The lowest BCUT2D eigenvalue weighted by Crippen LogP contribution is -2.45. The molecule has 0 spiro atoms. The zero-order chi connectivity index (χ0) is 17.2. The molecule has 1 aromatic carbocycles. The normalized spacial score (nSPS) is 10.8. The molecule has 0 aromatic heterocycles. The third-order valence-electron chi connectivity index (χ3n) is 3.54. The number of guanidine groups is 1. The molecule has 0 bridgehead atoms. The van der Waals surface area contributed by atoms with Gasteiger partial charge in [0, 0.05) is 31.7 Å². The highest BCUT2D eigenvalue weighted by molar-refractivity contribution is 14.0. The van der Waals surface area contributed by atoms with Crippen molar-refractivity contribution < 1.29 is 4.79 Å². The molecule has 7 heteroatoms. The number of hydrogen-bond donors (Lipinski definition) is 1. The van der Waals surface area contributed by atoms with Crippen molar-refractivity contribution in [2.75, 3.05) is 33.2 Å². The lowest BCUT2D eigenvalue weighted by molar-refractivity contribution is -0.131. The molecule has 1 aromatic rings. The molecule has 0 aliphatic heterocycles. The van der Waals surface area contributed by atoms with Gasteiger partial charge in [-0.25, -0.2) is 4.99 Å². The van der Waals surface area contributed by atoms with Crippen LogP contribution in [0.3, 0.4) is 0 Å². The SMILES string of the molecule is CCNC(=NCc1ccccc1Cl)N(C)CC(=O)N(CC)CC.I. The second-order valence-electron chi connectivity index (χ2n) is 5.18. The van der Waals surface area contributed by atoms with Crippen LogP contribution in [-0.2, 0) is 11.3 Å². The number of halogens is 2. The van der Waals surface area contributed by atoms with Crippen LogP contribution in [0.25, 0.3) is 0 Å². The Balaban J connectivity index is 0.00000529. The van der Waals surface area contributed by atoms with Crippen molar-refractivity contribution in [3.05, 3.63) is 34.9 Å². The van der Waals surface area contributed by atoms with Gasteiger partial charge in [-0.2, -0.15) is 0 Å². The Kier molecular flexibility index (Phi) is 11.8. The summed E-state index contributed by atoms with van der Waals surface area (Å²) in [5.74, 6) is 0.800. The summed E-state index contributed by atoms with van der Waals surface area (Å²) >= 11 is 6.16. The van der Waals surface area contributed by atoms with Gasteiger partial charge in [0.2, 0.25) is 5.91 Å². The van der Waals surface area contributed by atoms with Gasteiger partial charge in [-0.15, -0.1) is 24.0 Å². The maximum Gasteiger partial charge on any atom is 0.242 e. The van der Waals surface area contributed by atoms with Gasteiger partial charge in [0.05, 0.1) is 13.1 Å². The maximum absolute atomic E-state index is 12.2. The van der Waals surface area contributed by atoms with Crippen LogP contribution in [-0.4, -0.2) is 54.9 Å². The zero-order valence-corrected chi connectivity index (χ0v) is 18.0. The van der Waals surface area contributed by atoms with E-state index in [9.17, 15) is 4.79 Å². The molecule has 1 rings (SSSR count). The largest absolute Gasteiger partial charge is 0.357 e. The standard InChI is InChI=1S/C17H27ClN4O.HI/c1-5-19-17(20-12-14-10-8-9-11-15(14)18)21(4)13-16(23)22(6-2)7-3;/h8-11H,5-7,12-13H2,1-4H3,(H,19,20);1H. The number of carbonyl (C=O) groups excluding carboxylic acids is 1. The average Bonchev–Trinajstić information content (AvgIpc) is 2.53. The van der Waals surface area contributed by atoms with E-state index in [-0.39, 0.29) is 29.9 Å². The van der Waals surface area contributed by atoms with Crippen LogP contribution in [0.4, 0.5) is 0 Å². The molecular formula is C17H28ClIN4O. The van der Waals surface area contributed by atoms with E-state index < -0.39 is 0 Å². The van der Waals surface area contributed by atoms with Gasteiger partial charge in [0.25, 0.3) is 0 Å². The van der Waals surface area contributed by atoms with Crippen LogP contribution >= 0.6 is 35.6 Å². The number of carbonyl (C=O) groups is 1. The first-order chi connectivity index (χ1) is 11.0. The Hall–Kier alpha value is -1.02. The van der Waals surface area contributed by atoms with E-state index in [0.29, 0.717) is 24.1 Å². The first-order valence-corrected chi connectivity index (χ1v) is 8.41. The molecule has 0 atom stereocenters. The van der Waals surface area contributed by atoms with Gasteiger partial charge < -0.3 is 15.1 Å². The fourth-order valence-corrected chi connectivity index (χ4v) is 2.41. The van der Waals surface area contributed by atoms with E-state index in [2.05, 4.69) is 10.3 Å². The summed E-state index contributed by atoms with van der Waals surface area (Å²) in [7, 11) is 1.87. The quantitative estimate of drug-likeness (QED) is 0.381. The molecule has 0 saturated carbocycles. The Morgan fingerprint density at radius 3 is 2.38 bits per heavy atom. The molecule has 136 valence electrons. The Labute approximate surface area is 167 Å². The highest BCUT2D eigenvalue weighted by Gasteiger charge is 2.15. The third-order valence-corrected chi connectivity index (χ3v) is 3.91. The molecule has 0 aliphatic carbocycles. The number of aliphatic imine (C=N–C) groups is 1. The van der Waals surface area contributed by atoms with Crippen LogP contribution in [0.1, 0.15) is 26.3 Å². The number of nitrogens with one attached hydrogen (secondary N) is 1. The van der Waals surface area contributed by atoms with Crippen LogP contribution < -0.4 is 5.32 Å². The van der Waals surface area contributed by atoms with Gasteiger partial charge in [-0.3, -0.25) is 4.79 Å². The van der Waals surface area contributed by atoms with Gasteiger partial charge in [0.15, 0.2) is 5.96 Å². The van der Waals surface area contributed by atoms with E-state index in [1.165, 1.54) is 0 Å².